The maximum Gasteiger partial charge on any atom is 0.251 e. The van der Waals surface area contributed by atoms with Gasteiger partial charge in [0.25, 0.3) is 5.56 Å². The number of piperidine rings is 1. The smallest absolute Gasteiger partial charge is 0.251 e. The van der Waals surface area contributed by atoms with E-state index >= 15 is 0 Å². The van der Waals surface area contributed by atoms with Crippen LogP contribution < -0.4 is 10.3 Å². The number of methoxy groups -OCH3 is 1. The SMILES string of the molecule is COc1cccc(C[C@H]2[C@H]3C[C@H](CN(CC=C(C)C)C3)c3cccc(=O)n32)c1. The summed E-state index contributed by atoms with van der Waals surface area (Å²) in [5, 5.41) is 0. The fourth-order valence-corrected chi connectivity index (χ4v) is 4.90. The summed E-state index contributed by atoms with van der Waals surface area (Å²) in [6, 6.07) is 14.2. The minimum Gasteiger partial charge on any atom is -0.497 e. The number of hydrogen-bond donors (Lipinski definition) is 0. The molecular formula is C24H30N2O2. The lowest BCUT2D eigenvalue weighted by Crippen LogP contribution is -2.49. The van der Waals surface area contributed by atoms with Gasteiger partial charge < -0.3 is 9.30 Å². The van der Waals surface area contributed by atoms with E-state index in [0.29, 0.717) is 11.8 Å². The van der Waals surface area contributed by atoms with Crippen molar-refractivity contribution >= 4 is 0 Å². The third-order valence-corrected chi connectivity index (χ3v) is 6.21. The van der Waals surface area contributed by atoms with Gasteiger partial charge in [0.15, 0.2) is 0 Å². The fraction of sp³-hybridized carbons (Fsp3) is 0.458. The Hall–Kier alpha value is -2.33. The zero-order valence-electron chi connectivity index (χ0n) is 17.1. The van der Waals surface area contributed by atoms with Gasteiger partial charge in [-0.05, 0) is 56.4 Å². The summed E-state index contributed by atoms with van der Waals surface area (Å²) < 4.78 is 7.50. The van der Waals surface area contributed by atoms with E-state index in [9.17, 15) is 4.79 Å². The maximum atomic E-state index is 12.8. The summed E-state index contributed by atoms with van der Waals surface area (Å²) >= 11 is 0. The molecule has 2 bridgehead atoms. The second kappa shape index (κ2) is 7.96. The molecule has 28 heavy (non-hydrogen) atoms. The largest absolute Gasteiger partial charge is 0.497 e. The maximum absolute atomic E-state index is 12.8. The molecule has 4 rings (SSSR count). The Labute approximate surface area is 167 Å². The molecule has 2 aromatic rings. The molecule has 148 valence electrons. The number of benzene rings is 1. The van der Waals surface area contributed by atoms with Crippen LogP contribution in [0.5, 0.6) is 5.75 Å². The van der Waals surface area contributed by atoms with Crippen LogP contribution in [0.4, 0.5) is 0 Å². The topological polar surface area (TPSA) is 34.5 Å². The molecule has 0 aliphatic carbocycles. The molecule has 2 aliphatic heterocycles. The van der Waals surface area contributed by atoms with Gasteiger partial charge in [0.2, 0.25) is 0 Å². The number of ether oxygens (including phenoxy) is 1. The van der Waals surface area contributed by atoms with Gasteiger partial charge in [0.1, 0.15) is 5.75 Å². The minimum atomic E-state index is 0.137. The van der Waals surface area contributed by atoms with Crippen LogP contribution in [0.15, 0.2) is 58.9 Å². The van der Waals surface area contributed by atoms with Crippen molar-refractivity contribution in [3.05, 3.63) is 75.7 Å². The summed E-state index contributed by atoms with van der Waals surface area (Å²) in [4.78, 5) is 15.4. The number of nitrogens with zero attached hydrogens (tertiary/aromatic N) is 2. The Morgan fingerprint density at radius 3 is 2.79 bits per heavy atom. The van der Waals surface area contributed by atoms with Crippen LogP contribution in [0, 0.1) is 5.92 Å². The van der Waals surface area contributed by atoms with E-state index in [1.807, 2.05) is 18.2 Å². The lowest BCUT2D eigenvalue weighted by atomic mass is 9.76. The number of rotatable bonds is 5. The van der Waals surface area contributed by atoms with Crippen molar-refractivity contribution in [2.75, 3.05) is 26.7 Å². The van der Waals surface area contributed by atoms with Crippen molar-refractivity contribution in [2.24, 2.45) is 5.92 Å². The highest BCUT2D eigenvalue weighted by atomic mass is 16.5. The van der Waals surface area contributed by atoms with Crippen LogP contribution in [0.2, 0.25) is 0 Å². The summed E-state index contributed by atoms with van der Waals surface area (Å²) in [5.41, 5.74) is 3.93. The Morgan fingerprint density at radius 2 is 2.00 bits per heavy atom. The Bertz CT molecular complexity index is 926. The van der Waals surface area contributed by atoms with Gasteiger partial charge in [-0.2, -0.15) is 0 Å². The number of aromatic nitrogens is 1. The second-order valence-corrected chi connectivity index (χ2v) is 8.47. The molecule has 1 fully saturated rings. The number of hydrogen-bond acceptors (Lipinski definition) is 3. The standard InChI is InChI=1S/C24H30N2O2/c1-17(2)10-11-25-15-19-14-20(16-25)23(26-22(19)8-5-9-24(26)27)13-18-6-4-7-21(12-18)28-3/h4-10,12,19-20,23H,11,13-16H2,1-3H3/t19-,20+,23+/m1/s1. The Kier molecular flexibility index (Phi) is 5.40. The lowest BCUT2D eigenvalue weighted by Gasteiger charge is -2.47. The van der Waals surface area contributed by atoms with Crippen LogP contribution in [0.3, 0.4) is 0 Å². The summed E-state index contributed by atoms with van der Waals surface area (Å²) in [6.45, 7) is 7.40. The average molecular weight is 379 g/mol. The van der Waals surface area contributed by atoms with Gasteiger partial charge >= 0.3 is 0 Å². The number of likely N-dealkylation sites (tertiary alicyclic amines) is 1. The molecule has 2 aliphatic rings. The molecule has 3 atom stereocenters. The van der Waals surface area contributed by atoms with Crippen LogP contribution in [-0.4, -0.2) is 36.2 Å². The summed E-state index contributed by atoms with van der Waals surface area (Å²) in [5.74, 6) is 1.81. The third kappa shape index (κ3) is 3.79. The second-order valence-electron chi connectivity index (χ2n) is 8.47. The third-order valence-electron chi connectivity index (χ3n) is 6.21. The summed E-state index contributed by atoms with van der Waals surface area (Å²) in [7, 11) is 1.70. The first-order valence-corrected chi connectivity index (χ1v) is 10.2. The van der Waals surface area contributed by atoms with Gasteiger partial charge in [-0.1, -0.05) is 29.8 Å². The van der Waals surface area contributed by atoms with Gasteiger partial charge in [-0.25, -0.2) is 0 Å². The quantitative estimate of drug-likeness (QED) is 0.737. The van der Waals surface area contributed by atoms with E-state index in [1.165, 1.54) is 23.3 Å². The Balaban J connectivity index is 1.69. The van der Waals surface area contributed by atoms with Crippen LogP contribution >= 0.6 is 0 Å². The van der Waals surface area contributed by atoms with E-state index in [4.69, 9.17) is 4.74 Å². The molecule has 1 aromatic heterocycles. The molecule has 0 unspecified atom stereocenters. The zero-order valence-corrected chi connectivity index (χ0v) is 17.1. The van der Waals surface area contributed by atoms with Crippen molar-refractivity contribution in [3.8, 4) is 5.75 Å². The van der Waals surface area contributed by atoms with Gasteiger partial charge in [0, 0.05) is 43.4 Å². The Morgan fingerprint density at radius 1 is 1.18 bits per heavy atom. The van der Waals surface area contributed by atoms with Crippen molar-refractivity contribution in [3.63, 3.8) is 0 Å². The van der Waals surface area contributed by atoms with Gasteiger partial charge in [-0.3, -0.25) is 9.69 Å². The van der Waals surface area contributed by atoms with Crippen molar-refractivity contribution in [2.45, 2.75) is 38.6 Å². The van der Waals surface area contributed by atoms with Crippen molar-refractivity contribution < 1.29 is 4.74 Å². The number of allylic oxidation sites excluding steroid dienone is 1. The first-order chi connectivity index (χ1) is 13.5. The van der Waals surface area contributed by atoms with Crippen molar-refractivity contribution in [1.29, 1.82) is 0 Å². The fourth-order valence-electron chi connectivity index (χ4n) is 4.90. The highest BCUT2D eigenvalue weighted by Gasteiger charge is 2.40. The predicted octanol–water partition coefficient (Wildman–Crippen LogP) is 4.03. The van der Waals surface area contributed by atoms with E-state index in [-0.39, 0.29) is 11.6 Å². The molecule has 4 heteroatoms. The van der Waals surface area contributed by atoms with E-state index in [2.05, 4.69) is 47.6 Å². The minimum absolute atomic E-state index is 0.137. The molecule has 0 radical (unpaired) electrons. The van der Waals surface area contributed by atoms with E-state index < -0.39 is 0 Å². The molecule has 1 aromatic carbocycles. The summed E-state index contributed by atoms with van der Waals surface area (Å²) in [6.07, 6.45) is 4.35. The first kappa shape index (κ1) is 19.0. The predicted molar refractivity (Wildman–Crippen MR) is 113 cm³/mol. The highest BCUT2D eigenvalue weighted by molar-refractivity contribution is 5.30. The zero-order chi connectivity index (χ0) is 19.7. The molecule has 4 nitrogen and oxygen atoms in total. The first-order valence-electron chi connectivity index (χ1n) is 10.2. The number of pyridine rings is 1. The lowest BCUT2D eigenvalue weighted by molar-refractivity contribution is 0.0988. The van der Waals surface area contributed by atoms with Gasteiger partial charge in [0.05, 0.1) is 7.11 Å². The monoisotopic (exact) mass is 378 g/mol. The van der Waals surface area contributed by atoms with E-state index in [1.54, 1.807) is 13.2 Å². The molecule has 1 saturated heterocycles. The van der Waals surface area contributed by atoms with E-state index in [0.717, 1.165) is 31.8 Å². The normalized spacial score (nSPS) is 23.8. The molecule has 0 amide bonds. The van der Waals surface area contributed by atoms with Crippen molar-refractivity contribution in [1.82, 2.24) is 9.47 Å². The molecule has 0 saturated carbocycles. The molecule has 0 spiro atoms. The van der Waals surface area contributed by atoms with Gasteiger partial charge in [-0.15, -0.1) is 0 Å². The number of fused-ring (bicyclic) bond motifs is 4. The molecule has 3 heterocycles. The highest BCUT2D eigenvalue weighted by Crippen LogP contribution is 2.42. The van der Waals surface area contributed by atoms with Crippen LogP contribution in [0.25, 0.3) is 0 Å². The molecular weight excluding hydrogens is 348 g/mol. The van der Waals surface area contributed by atoms with Crippen LogP contribution in [0.1, 0.15) is 43.5 Å². The molecule has 0 N–H and O–H groups in total. The van der Waals surface area contributed by atoms with Crippen LogP contribution in [-0.2, 0) is 6.42 Å². The average Bonchev–Trinajstić information content (AvgIpc) is 2.70.